The van der Waals surface area contributed by atoms with Crippen LogP contribution < -0.4 is 5.32 Å². The lowest BCUT2D eigenvalue weighted by Crippen LogP contribution is -2.44. The maximum Gasteiger partial charge on any atom is 0.419 e. The van der Waals surface area contributed by atoms with E-state index in [0.717, 1.165) is 31.1 Å². The number of hydrogen-bond donors (Lipinski definition) is 1. The summed E-state index contributed by atoms with van der Waals surface area (Å²) in [5.74, 6) is -1.37. The minimum atomic E-state index is -4.83. The van der Waals surface area contributed by atoms with Crippen molar-refractivity contribution in [3.63, 3.8) is 0 Å². The Bertz CT molecular complexity index is 889. The Morgan fingerprint density at radius 3 is 2.57 bits per heavy atom. The van der Waals surface area contributed by atoms with Gasteiger partial charge in [-0.1, -0.05) is 23.7 Å². The first-order valence-corrected chi connectivity index (χ1v) is 9.96. The number of carbonyl (C=O) groups is 1. The van der Waals surface area contributed by atoms with Crippen LogP contribution in [0.2, 0.25) is 5.02 Å². The van der Waals surface area contributed by atoms with Gasteiger partial charge in [0.1, 0.15) is 5.82 Å². The number of benzene rings is 2. The topological polar surface area (TPSA) is 35.6 Å². The van der Waals surface area contributed by atoms with Gasteiger partial charge < -0.3 is 10.2 Å². The summed E-state index contributed by atoms with van der Waals surface area (Å²) in [5, 5.41) is 3.14. The Morgan fingerprint density at radius 1 is 1.23 bits per heavy atom. The van der Waals surface area contributed by atoms with Gasteiger partial charge in [0, 0.05) is 42.9 Å². The van der Waals surface area contributed by atoms with E-state index < -0.39 is 23.6 Å². The van der Waals surface area contributed by atoms with Crippen molar-refractivity contribution in [3.05, 3.63) is 64.4 Å². The molecule has 1 atom stereocenters. The molecule has 1 unspecified atom stereocenters. The maximum atomic E-state index is 13.5. The van der Waals surface area contributed by atoms with E-state index in [1.165, 1.54) is 0 Å². The van der Waals surface area contributed by atoms with Gasteiger partial charge in [0.25, 0.3) is 0 Å². The van der Waals surface area contributed by atoms with Crippen LogP contribution in [0, 0.1) is 5.82 Å². The number of likely N-dealkylation sites (tertiary alicyclic amines) is 1. The van der Waals surface area contributed by atoms with Gasteiger partial charge in [-0.2, -0.15) is 13.2 Å². The fraction of sp³-hybridized carbons (Fsp3) is 0.381. The van der Waals surface area contributed by atoms with Crippen LogP contribution in [-0.2, 0) is 12.7 Å². The molecule has 0 aliphatic carbocycles. The van der Waals surface area contributed by atoms with Crippen LogP contribution in [0.5, 0.6) is 0 Å². The summed E-state index contributed by atoms with van der Waals surface area (Å²) in [6, 6.07) is 9.43. The number of amides is 2. The summed E-state index contributed by atoms with van der Waals surface area (Å²) >= 11 is 5.91. The number of halogens is 5. The highest BCUT2D eigenvalue weighted by Gasteiger charge is 2.35. The highest BCUT2D eigenvalue weighted by atomic mass is 35.5. The number of carbonyl (C=O) groups excluding carboxylic acids is 1. The summed E-state index contributed by atoms with van der Waals surface area (Å²) in [6.07, 6.45) is -4.07. The zero-order valence-electron chi connectivity index (χ0n) is 16.3. The number of nitrogens with one attached hydrogen (secondary N) is 1. The number of nitrogens with zero attached hydrogens (tertiary/aromatic N) is 2. The molecule has 30 heavy (non-hydrogen) atoms. The van der Waals surface area contributed by atoms with Gasteiger partial charge in [-0.15, -0.1) is 0 Å². The third-order valence-electron chi connectivity index (χ3n) is 5.13. The number of hydrogen-bond acceptors (Lipinski definition) is 2. The van der Waals surface area contributed by atoms with Crippen molar-refractivity contribution in [2.45, 2.75) is 32.1 Å². The summed E-state index contributed by atoms with van der Waals surface area (Å²) in [6.45, 7) is 4.39. The molecular weight excluding hydrogens is 422 g/mol. The molecule has 2 aromatic rings. The van der Waals surface area contributed by atoms with Gasteiger partial charge >= 0.3 is 12.2 Å². The van der Waals surface area contributed by atoms with E-state index in [-0.39, 0.29) is 11.7 Å². The van der Waals surface area contributed by atoms with E-state index in [1.807, 2.05) is 31.2 Å². The van der Waals surface area contributed by atoms with E-state index in [4.69, 9.17) is 11.6 Å². The zero-order valence-corrected chi connectivity index (χ0v) is 17.1. The molecule has 3 rings (SSSR count). The smallest absolute Gasteiger partial charge is 0.320 e. The molecule has 1 saturated heterocycles. The first-order valence-electron chi connectivity index (χ1n) is 9.58. The van der Waals surface area contributed by atoms with Crippen LogP contribution in [0.15, 0.2) is 42.5 Å². The second-order valence-electron chi connectivity index (χ2n) is 7.21. The summed E-state index contributed by atoms with van der Waals surface area (Å²) in [7, 11) is 0. The molecule has 2 aromatic carbocycles. The minimum Gasteiger partial charge on any atom is -0.320 e. The van der Waals surface area contributed by atoms with Crippen LogP contribution in [0.25, 0.3) is 0 Å². The highest BCUT2D eigenvalue weighted by Crippen LogP contribution is 2.33. The molecule has 162 valence electrons. The second-order valence-corrected chi connectivity index (χ2v) is 7.65. The molecule has 0 spiro atoms. The molecule has 0 saturated carbocycles. The fourth-order valence-corrected chi connectivity index (χ4v) is 3.77. The van der Waals surface area contributed by atoms with Gasteiger partial charge in [0.15, 0.2) is 0 Å². The molecule has 0 bridgehead atoms. The number of alkyl halides is 3. The van der Waals surface area contributed by atoms with Crippen molar-refractivity contribution in [1.29, 1.82) is 0 Å². The highest BCUT2D eigenvalue weighted by molar-refractivity contribution is 6.30. The zero-order chi connectivity index (χ0) is 21.9. The summed E-state index contributed by atoms with van der Waals surface area (Å²) in [4.78, 5) is 16.5. The lowest BCUT2D eigenvalue weighted by Gasteiger charge is -2.28. The molecule has 1 fully saturated rings. The molecule has 0 aromatic heterocycles. The quantitative estimate of drug-likeness (QED) is 0.608. The number of rotatable bonds is 5. The van der Waals surface area contributed by atoms with E-state index in [1.54, 1.807) is 4.90 Å². The first-order chi connectivity index (χ1) is 14.2. The standard InChI is InChI=1S/C21H22ClF4N3O/c1-2-29(17-9-10-28(13-17)12-14-3-5-15(22)6-4-14)20(30)27-16-7-8-19(23)18(11-16)21(24,25)26/h3-8,11,17H,2,9-10,12-13H2,1H3,(H,27,30). The average Bonchev–Trinajstić information content (AvgIpc) is 3.13. The predicted molar refractivity (Wildman–Crippen MR) is 108 cm³/mol. The molecule has 0 radical (unpaired) electrons. The van der Waals surface area contributed by atoms with E-state index >= 15 is 0 Å². The molecule has 1 N–H and O–H groups in total. The second kappa shape index (κ2) is 9.22. The van der Waals surface area contributed by atoms with Crippen LogP contribution in [0.1, 0.15) is 24.5 Å². The normalized spacial score (nSPS) is 17.2. The van der Waals surface area contributed by atoms with Crippen molar-refractivity contribution in [1.82, 2.24) is 9.80 Å². The molecule has 1 aliphatic rings. The Kier molecular flexibility index (Phi) is 6.88. The molecular formula is C21H22ClF4N3O. The van der Waals surface area contributed by atoms with E-state index in [2.05, 4.69) is 10.2 Å². The lowest BCUT2D eigenvalue weighted by molar-refractivity contribution is -0.139. The van der Waals surface area contributed by atoms with Crippen molar-refractivity contribution in [2.24, 2.45) is 0 Å². The lowest BCUT2D eigenvalue weighted by atomic mass is 10.2. The molecule has 1 heterocycles. The average molecular weight is 444 g/mol. The van der Waals surface area contributed by atoms with Crippen LogP contribution in [0.4, 0.5) is 28.0 Å². The van der Waals surface area contributed by atoms with E-state index in [0.29, 0.717) is 30.2 Å². The van der Waals surface area contributed by atoms with Gasteiger partial charge in [-0.3, -0.25) is 4.90 Å². The summed E-state index contributed by atoms with van der Waals surface area (Å²) < 4.78 is 52.2. The van der Waals surface area contributed by atoms with Gasteiger partial charge in [-0.05, 0) is 49.2 Å². The van der Waals surface area contributed by atoms with Gasteiger partial charge in [-0.25, -0.2) is 9.18 Å². The molecule has 1 aliphatic heterocycles. The fourth-order valence-electron chi connectivity index (χ4n) is 3.64. The SMILES string of the molecule is CCN(C(=O)Nc1ccc(F)c(C(F)(F)F)c1)C1CCN(Cc2ccc(Cl)cc2)C1. The molecule has 2 amide bonds. The Hall–Kier alpha value is -2.32. The number of likely N-dealkylation sites (N-methyl/N-ethyl adjacent to an activating group) is 1. The summed E-state index contributed by atoms with van der Waals surface area (Å²) in [5.41, 5.74) is -0.389. The maximum absolute atomic E-state index is 13.5. The van der Waals surface area contributed by atoms with Crippen LogP contribution in [-0.4, -0.2) is 41.5 Å². The third kappa shape index (κ3) is 5.43. The minimum absolute atomic E-state index is 0.0650. The van der Waals surface area contributed by atoms with Gasteiger partial charge in [0.05, 0.1) is 5.56 Å². The van der Waals surface area contributed by atoms with Crippen molar-refractivity contribution < 1.29 is 22.4 Å². The van der Waals surface area contributed by atoms with E-state index in [9.17, 15) is 22.4 Å². The van der Waals surface area contributed by atoms with Crippen LogP contribution in [0.3, 0.4) is 0 Å². The van der Waals surface area contributed by atoms with Crippen LogP contribution >= 0.6 is 11.6 Å². The predicted octanol–water partition coefficient (Wildman–Crippen LogP) is 5.63. The Morgan fingerprint density at radius 2 is 1.93 bits per heavy atom. The molecule has 9 heteroatoms. The first kappa shape index (κ1) is 22.4. The molecule has 4 nitrogen and oxygen atoms in total. The Labute approximate surface area is 177 Å². The third-order valence-corrected chi connectivity index (χ3v) is 5.38. The Balaban J connectivity index is 1.63. The van der Waals surface area contributed by atoms with Crippen molar-refractivity contribution >= 4 is 23.3 Å². The number of urea groups is 1. The van der Waals surface area contributed by atoms with Crippen molar-refractivity contribution in [3.8, 4) is 0 Å². The number of anilines is 1. The monoisotopic (exact) mass is 443 g/mol. The van der Waals surface area contributed by atoms with Crippen molar-refractivity contribution in [2.75, 3.05) is 25.0 Å². The largest absolute Gasteiger partial charge is 0.419 e. The van der Waals surface area contributed by atoms with Gasteiger partial charge in [0.2, 0.25) is 0 Å².